The standard InChI is InChI=1S/C10H19NO5S/c1-7(2)9(10(12)13)11-17(14,15)8-3-5-16-6-4-8/h7-9,11H,3-6H2,1-2H3,(H,12,13). The van der Waals surface area contributed by atoms with Crippen LogP contribution in [0.3, 0.4) is 0 Å². The van der Waals surface area contributed by atoms with E-state index in [4.69, 9.17) is 9.84 Å². The molecule has 17 heavy (non-hydrogen) atoms. The van der Waals surface area contributed by atoms with Crippen molar-refractivity contribution in [2.45, 2.75) is 38.0 Å². The van der Waals surface area contributed by atoms with E-state index in [0.29, 0.717) is 26.1 Å². The fourth-order valence-corrected chi connectivity index (χ4v) is 3.46. The third kappa shape index (κ3) is 3.93. The summed E-state index contributed by atoms with van der Waals surface area (Å²) in [7, 11) is -3.58. The van der Waals surface area contributed by atoms with Crippen LogP contribution in [-0.4, -0.2) is 44.0 Å². The Morgan fingerprint density at radius 2 is 1.88 bits per heavy atom. The molecule has 6 nitrogen and oxygen atoms in total. The van der Waals surface area contributed by atoms with Crippen molar-refractivity contribution in [2.75, 3.05) is 13.2 Å². The third-order valence-electron chi connectivity index (χ3n) is 2.83. The molecule has 7 heteroatoms. The van der Waals surface area contributed by atoms with Crippen LogP contribution in [0.1, 0.15) is 26.7 Å². The number of sulfonamides is 1. The van der Waals surface area contributed by atoms with Gasteiger partial charge in [-0.3, -0.25) is 4.79 Å². The highest BCUT2D eigenvalue weighted by atomic mass is 32.2. The summed E-state index contributed by atoms with van der Waals surface area (Å²) < 4.78 is 31.3. The Morgan fingerprint density at radius 3 is 2.29 bits per heavy atom. The zero-order chi connectivity index (χ0) is 13.1. The normalized spacial score (nSPS) is 20.4. The van der Waals surface area contributed by atoms with Gasteiger partial charge in [0.1, 0.15) is 6.04 Å². The van der Waals surface area contributed by atoms with Crippen molar-refractivity contribution in [1.29, 1.82) is 0 Å². The lowest BCUT2D eigenvalue weighted by Crippen LogP contribution is -2.48. The van der Waals surface area contributed by atoms with Crippen molar-refractivity contribution in [1.82, 2.24) is 4.72 Å². The highest BCUT2D eigenvalue weighted by Gasteiger charge is 2.33. The SMILES string of the molecule is CC(C)C(NS(=O)(=O)C1CCOCC1)C(=O)O. The molecule has 0 aromatic carbocycles. The third-order valence-corrected chi connectivity index (χ3v) is 4.76. The van der Waals surface area contributed by atoms with Crippen molar-refractivity contribution < 1.29 is 23.1 Å². The van der Waals surface area contributed by atoms with Crippen LogP contribution in [0.5, 0.6) is 0 Å². The molecule has 0 saturated carbocycles. The topological polar surface area (TPSA) is 92.7 Å². The first kappa shape index (κ1) is 14.4. The summed E-state index contributed by atoms with van der Waals surface area (Å²) in [6.07, 6.45) is 0.833. The Labute approximate surface area is 101 Å². The number of nitrogens with one attached hydrogen (secondary N) is 1. The van der Waals surface area contributed by atoms with Crippen molar-refractivity contribution in [3.8, 4) is 0 Å². The minimum absolute atomic E-state index is 0.290. The molecule has 1 heterocycles. The fraction of sp³-hybridized carbons (Fsp3) is 0.900. The molecule has 100 valence electrons. The summed E-state index contributed by atoms with van der Waals surface area (Å²) >= 11 is 0. The summed E-state index contributed by atoms with van der Waals surface area (Å²) in [4.78, 5) is 10.9. The smallest absolute Gasteiger partial charge is 0.321 e. The maximum absolute atomic E-state index is 12.0. The molecular formula is C10H19NO5S. The quantitative estimate of drug-likeness (QED) is 0.740. The van der Waals surface area contributed by atoms with Crippen molar-refractivity contribution >= 4 is 16.0 Å². The molecule has 1 unspecified atom stereocenters. The van der Waals surface area contributed by atoms with Crippen LogP contribution in [-0.2, 0) is 19.6 Å². The Balaban J connectivity index is 2.73. The predicted octanol–water partition coefficient (Wildman–Crippen LogP) is 0.194. The number of carboxylic acid groups (broad SMARTS) is 1. The number of carboxylic acids is 1. The molecule has 0 aromatic heterocycles. The zero-order valence-electron chi connectivity index (χ0n) is 10.0. The van der Waals surface area contributed by atoms with Gasteiger partial charge in [0.15, 0.2) is 0 Å². The van der Waals surface area contributed by atoms with Crippen LogP contribution in [0.4, 0.5) is 0 Å². The predicted molar refractivity (Wildman–Crippen MR) is 62.2 cm³/mol. The van der Waals surface area contributed by atoms with Crippen LogP contribution in [0.2, 0.25) is 0 Å². The Bertz CT molecular complexity index is 359. The molecule has 1 saturated heterocycles. The summed E-state index contributed by atoms with van der Waals surface area (Å²) in [5.41, 5.74) is 0. The summed E-state index contributed by atoms with van der Waals surface area (Å²) in [6, 6.07) is -1.07. The lowest BCUT2D eigenvalue weighted by atomic mass is 10.1. The number of aliphatic carboxylic acids is 1. The second-order valence-electron chi connectivity index (χ2n) is 4.53. The van der Waals surface area contributed by atoms with Crippen LogP contribution in [0.25, 0.3) is 0 Å². The average molecular weight is 265 g/mol. The van der Waals surface area contributed by atoms with Gasteiger partial charge in [-0.15, -0.1) is 0 Å². The van der Waals surface area contributed by atoms with Crippen molar-refractivity contribution in [3.63, 3.8) is 0 Å². The van der Waals surface area contributed by atoms with E-state index in [1.54, 1.807) is 13.8 Å². The van der Waals surface area contributed by atoms with Gasteiger partial charge in [0.05, 0.1) is 5.25 Å². The van der Waals surface area contributed by atoms with Crippen LogP contribution in [0, 0.1) is 5.92 Å². The van der Waals surface area contributed by atoms with Crippen LogP contribution >= 0.6 is 0 Å². The largest absolute Gasteiger partial charge is 0.480 e. The molecule has 0 aliphatic carbocycles. The summed E-state index contributed by atoms with van der Waals surface area (Å²) in [5.74, 6) is -1.43. The number of carbonyl (C=O) groups is 1. The van der Waals surface area contributed by atoms with Gasteiger partial charge < -0.3 is 9.84 Å². The number of rotatable bonds is 5. The summed E-state index contributed by atoms with van der Waals surface area (Å²) in [5, 5.41) is 8.41. The van der Waals surface area contributed by atoms with Crippen LogP contribution in [0.15, 0.2) is 0 Å². The van der Waals surface area contributed by atoms with E-state index in [9.17, 15) is 13.2 Å². The second kappa shape index (κ2) is 5.79. The van der Waals surface area contributed by atoms with Gasteiger partial charge in [-0.05, 0) is 18.8 Å². The maximum atomic E-state index is 12.0. The first-order valence-electron chi connectivity index (χ1n) is 5.66. The minimum Gasteiger partial charge on any atom is -0.480 e. The van der Waals surface area contributed by atoms with Gasteiger partial charge >= 0.3 is 5.97 Å². The number of hydrogen-bond donors (Lipinski definition) is 2. The lowest BCUT2D eigenvalue weighted by Gasteiger charge is -2.25. The van der Waals surface area contributed by atoms with Gasteiger partial charge in [0.25, 0.3) is 0 Å². The molecule has 0 bridgehead atoms. The lowest BCUT2D eigenvalue weighted by molar-refractivity contribution is -0.140. The van der Waals surface area contributed by atoms with Crippen LogP contribution < -0.4 is 4.72 Å². The van der Waals surface area contributed by atoms with E-state index in [-0.39, 0.29) is 5.92 Å². The van der Waals surface area contributed by atoms with Crippen molar-refractivity contribution in [3.05, 3.63) is 0 Å². The van der Waals surface area contributed by atoms with Gasteiger partial charge in [-0.25, -0.2) is 13.1 Å². The van der Waals surface area contributed by atoms with E-state index < -0.39 is 27.3 Å². The maximum Gasteiger partial charge on any atom is 0.321 e. The van der Waals surface area contributed by atoms with E-state index in [2.05, 4.69) is 4.72 Å². The Morgan fingerprint density at radius 1 is 1.35 bits per heavy atom. The molecule has 0 spiro atoms. The van der Waals surface area contributed by atoms with E-state index in [0.717, 1.165) is 0 Å². The molecule has 1 rings (SSSR count). The molecule has 1 aliphatic rings. The fourth-order valence-electron chi connectivity index (χ4n) is 1.73. The zero-order valence-corrected chi connectivity index (χ0v) is 10.9. The van der Waals surface area contributed by atoms with Gasteiger partial charge in [0.2, 0.25) is 10.0 Å². The highest BCUT2D eigenvalue weighted by molar-refractivity contribution is 7.90. The van der Waals surface area contributed by atoms with Gasteiger partial charge in [0, 0.05) is 13.2 Å². The average Bonchev–Trinajstić information content (AvgIpc) is 2.26. The molecule has 0 aromatic rings. The number of hydrogen-bond acceptors (Lipinski definition) is 4. The van der Waals surface area contributed by atoms with Gasteiger partial charge in [-0.2, -0.15) is 0 Å². The number of ether oxygens (including phenoxy) is 1. The minimum atomic E-state index is -3.58. The van der Waals surface area contributed by atoms with E-state index >= 15 is 0 Å². The molecule has 0 radical (unpaired) electrons. The Kier molecular flexibility index (Phi) is 4.91. The highest BCUT2D eigenvalue weighted by Crippen LogP contribution is 2.16. The molecule has 2 N–H and O–H groups in total. The second-order valence-corrected chi connectivity index (χ2v) is 6.53. The van der Waals surface area contributed by atoms with E-state index in [1.165, 1.54) is 0 Å². The Hall–Kier alpha value is -0.660. The molecule has 1 aliphatic heterocycles. The monoisotopic (exact) mass is 265 g/mol. The summed E-state index contributed by atoms with van der Waals surface area (Å²) in [6.45, 7) is 4.16. The van der Waals surface area contributed by atoms with Crippen molar-refractivity contribution in [2.24, 2.45) is 5.92 Å². The van der Waals surface area contributed by atoms with Gasteiger partial charge in [-0.1, -0.05) is 13.8 Å². The molecule has 1 fully saturated rings. The first-order chi connectivity index (χ1) is 7.84. The first-order valence-corrected chi connectivity index (χ1v) is 7.21. The molecule has 1 atom stereocenters. The van der Waals surface area contributed by atoms with E-state index in [1.807, 2.05) is 0 Å². The molecular weight excluding hydrogens is 246 g/mol. The molecule has 0 amide bonds.